The van der Waals surface area contributed by atoms with Gasteiger partial charge < -0.3 is 5.32 Å². The molecule has 5 heteroatoms. The van der Waals surface area contributed by atoms with Crippen molar-refractivity contribution in [3.63, 3.8) is 0 Å². The van der Waals surface area contributed by atoms with Crippen molar-refractivity contribution in [2.45, 2.75) is 12.5 Å². The van der Waals surface area contributed by atoms with Crippen LogP contribution in [-0.2, 0) is 0 Å². The summed E-state index contributed by atoms with van der Waals surface area (Å²) >= 11 is 12.2. The van der Waals surface area contributed by atoms with Crippen LogP contribution in [0.15, 0.2) is 18.2 Å². The van der Waals surface area contributed by atoms with E-state index in [9.17, 15) is 0 Å². The summed E-state index contributed by atoms with van der Waals surface area (Å²) in [6.45, 7) is 3.77. The van der Waals surface area contributed by atoms with Gasteiger partial charge in [0.25, 0.3) is 0 Å². The molecule has 0 aliphatic carbocycles. The number of nitrogens with zero attached hydrogens (tertiary/aromatic N) is 2. The minimum absolute atomic E-state index is 0.0573. The first-order chi connectivity index (χ1) is 8.72. The van der Waals surface area contributed by atoms with Crippen LogP contribution in [0.4, 0.5) is 0 Å². The van der Waals surface area contributed by atoms with Gasteiger partial charge in [0.15, 0.2) is 0 Å². The summed E-state index contributed by atoms with van der Waals surface area (Å²) in [6.07, 6.45) is 0.446. The zero-order chi connectivity index (χ0) is 13.0. The van der Waals surface area contributed by atoms with E-state index >= 15 is 0 Å². The van der Waals surface area contributed by atoms with Crippen molar-refractivity contribution in [3.8, 4) is 6.07 Å². The van der Waals surface area contributed by atoms with Crippen molar-refractivity contribution in [2.24, 2.45) is 0 Å². The van der Waals surface area contributed by atoms with Crippen LogP contribution in [0.3, 0.4) is 0 Å². The van der Waals surface area contributed by atoms with Crippen molar-refractivity contribution < 1.29 is 0 Å². The Kier molecular flexibility index (Phi) is 4.85. The molecule has 3 nitrogen and oxygen atoms in total. The average molecular weight is 284 g/mol. The van der Waals surface area contributed by atoms with Crippen molar-refractivity contribution in [1.29, 1.82) is 5.26 Å². The zero-order valence-electron chi connectivity index (χ0n) is 10.00. The third-order valence-electron chi connectivity index (χ3n) is 3.20. The highest BCUT2D eigenvalue weighted by molar-refractivity contribution is 6.35. The van der Waals surface area contributed by atoms with Gasteiger partial charge in [0, 0.05) is 42.3 Å². The number of hydrogen-bond acceptors (Lipinski definition) is 3. The molecule has 1 saturated heterocycles. The van der Waals surface area contributed by atoms with E-state index in [2.05, 4.69) is 16.3 Å². The number of halogens is 2. The number of piperazine rings is 1. The molecule has 1 atom stereocenters. The predicted molar refractivity (Wildman–Crippen MR) is 73.9 cm³/mol. The molecule has 0 amide bonds. The lowest BCUT2D eigenvalue weighted by Gasteiger charge is -2.34. The van der Waals surface area contributed by atoms with Gasteiger partial charge in [-0.25, -0.2) is 0 Å². The molecule has 0 radical (unpaired) electrons. The maximum atomic E-state index is 9.01. The summed E-state index contributed by atoms with van der Waals surface area (Å²) in [4.78, 5) is 2.30. The van der Waals surface area contributed by atoms with Crippen LogP contribution < -0.4 is 5.32 Å². The van der Waals surface area contributed by atoms with E-state index < -0.39 is 0 Å². The van der Waals surface area contributed by atoms with Crippen LogP contribution >= 0.6 is 23.2 Å². The molecule has 96 valence electrons. The first-order valence-electron chi connectivity index (χ1n) is 5.99. The molecule has 1 aromatic rings. The Balaban J connectivity index is 2.25. The van der Waals surface area contributed by atoms with Gasteiger partial charge in [-0.2, -0.15) is 5.26 Å². The number of rotatable bonds is 3. The second-order valence-electron chi connectivity index (χ2n) is 4.33. The van der Waals surface area contributed by atoms with Gasteiger partial charge in [0.1, 0.15) is 0 Å². The smallest absolute Gasteiger partial charge is 0.0641 e. The van der Waals surface area contributed by atoms with E-state index in [0.29, 0.717) is 16.5 Å². The second kappa shape index (κ2) is 6.40. The molecule has 1 N–H and O–H groups in total. The average Bonchev–Trinajstić information content (AvgIpc) is 2.38. The molecule has 0 aromatic heterocycles. The normalized spacial score (nSPS) is 18.3. The Morgan fingerprint density at radius 1 is 1.33 bits per heavy atom. The van der Waals surface area contributed by atoms with Crippen LogP contribution in [0.5, 0.6) is 0 Å². The molecular formula is C13H15Cl2N3. The second-order valence-corrected chi connectivity index (χ2v) is 5.17. The molecule has 1 aromatic carbocycles. The minimum Gasteiger partial charge on any atom is -0.314 e. The van der Waals surface area contributed by atoms with Crippen LogP contribution in [0.1, 0.15) is 18.0 Å². The standard InChI is InChI=1S/C13H15Cl2N3/c14-10-1-2-11(12(15)9-10)13(3-4-16)18-7-5-17-6-8-18/h1-2,9,13,17H,3,5-8H2/t13-/m0/s1. The van der Waals surface area contributed by atoms with Gasteiger partial charge in [-0.05, 0) is 17.7 Å². The fourth-order valence-electron chi connectivity index (χ4n) is 2.29. The van der Waals surface area contributed by atoms with Crippen molar-refractivity contribution in [1.82, 2.24) is 10.2 Å². The van der Waals surface area contributed by atoms with Gasteiger partial charge in [0.05, 0.1) is 12.5 Å². The molecule has 1 fully saturated rings. The van der Waals surface area contributed by atoms with Gasteiger partial charge in [-0.1, -0.05) is 29.3 Å². The SMILES string of the molecule is N#CC[C@@H](c1ccc(Cl)cc1Cl)N1CCNCC1. The van der Waals surface area contributed by atoms with E-state index in [-0.39, 0.29) is 6.04 Å². The number of hydrogen-bond donors (Lipinski definition) is 1. The van der Waals surface area contributed by atoms with E-state index in [1.165, 1.54) is 0 Å². The summed E-state index contributed by atoms with van der Waals surface area (Å²) < 4.78 is 0. The molecular weight excluding hydrogens is 269 g/mol. The summed E-state index contributed by atoms with van der Waals surface area (Å²) in [5, 5.41) is 13.6. The Labute approximate surface area is 117 Å². The molecule has 2 rings (SSSR count). The highest BCUT2D eigenvalue weighted by atomic mass is 35.5. The highest BCUT2D eigenvalue weighted by Gasteiger charge is 2.23. The Morgan fingerprint density at radius 3 is 2.67 bits per heavy atom. The first kappa shape index (κ1) is 13.6. The van der Waals surface area contributed by atoms with Gasteiger partial charge in [-0.15, -0.1) is 0 Å². The molecule has 18 heavy (non-hydrogen) atoms. The predicted octanol–water partition coefficient (Wildman–Crippen LogP) is 2.85. The van der Waals surface area contributed by atoms with Gasteiger partial charge in [0.2, 0.25) is 0 Å². The third-order valence-corrected chi connectivity index (χ3v) is 3.76. The molecule has 0 bridgehead atoms. The highest BCUT2D eigenvalue weighted by Crippen LogP contribution is 2.32. The number of nitriles is 1. The summed E-state index contributed by atoms with van der Waals surface area (Å²) in [6, 6.07) is 7.80. The first-order valence-corrected chi connectivity index (χ1v) is 6.74. The maximum absolute atomic E-state index is 9.01. The topological polar surface area (TPSA) is 39.1 Å². The van der Waals surface area contributed by atoms with E-state index in [1.807, 2.05) is 12.1 Å². The third kappa shape index (κ3) is 3.15. The van der Waals surface area contributed by atoms with Crippen molar-refractivity contribution in [2.75, 3.05) is 26.2 Å². The molecule has 1 aliphatic heterocycles. The minimum atomic E-state index is 0.0573. The molecule has 1 heterocycles. The van der Waals surface area contributed by atoms with Crippen molar-refractivity contribution >= 4 is 23.2 Å². The number of benzene rings is 1. The van der Waals surface area contributed by atoms with E-state index in [1.54, 1.807) is 6.07 Å². The molecule has 0 spiro atoms. The van der Waals surface area contributed by atoms with Crippen LogP contribution in [0.2, 0.25) is 10.0 Å². The molecule has 0 saturated carbocycles. The van der Waals surface area contributed by atoms with E-state index in [4.69, 9.17) is 28.5 Å². The summed E-state index contributed by atoms with van der Waals surface area (Å²) in [7, 11) is 0. The lowest BCUT2D eigenvalue weighted by Crippen LogP contribution is -2.45. The monoisotopic (exact) mass is 283 g/mol. The molecule has 1 aliphatic rings. The summed E-state index contributed by atoms with van der Waals surface area (Å²) in [5.74, 6) is 0. The fraction of sp³-hybridized carbons (Fsp3) is 0.462. The summed E-state index contributed by atoms with van der Waals surface area (Å²) in [5.41, 5.74) is 0.990. The van der Waals surface area contributed by atoms with Crippen LogP contribution in [0.25, 0.3) is 0 Å². The lowest BCUT2D eigenvalue weighted by atomic mass is 10.0. The van der Waals surface area contributed by atoms with E-state index in [0.717, 1.165) is 31.7 Å². The zero-order valence-corrected chi connectivity index (χ0v) is 11.5. The Morgan fingerprint density at radius 2 is 2.06 bits per heavy atom. The van der Waals surface area contributed by atoms with Crippen LogP contribution in [0, 0.1) is 11.3 Å². The largest absolute Gasteiger partial charge is 0.314 e. The maximum Gasteiger partial charge on any atom is 0.0641 e. The fourth-order valence-corrected chi connectivity index (χ4v) is 2.82. The number of nitrogens with one attached hydrogen (secondary N) is 1. The molecule has 0 unspecified atom stereocenters. The van der Waals surface area contributed by atoms with Gasteiger partial charge in [-0.3, -0.25) is 4.90 Å². The Bertz CT molecular complexity index is 450. The van der Waals surface area contributed by atoms with Crippen LogP contribution in [-0.4, -0.2) is 31.1 Å². The lowest BCUT2D eigenvalue weighted by molar-refractivity contribution is 0.175. The van der Waals surface area contributed by atoms with Crippen molar-refractivity contribution in [3.05, 3.63) is 33.8 Å². The Hall–Kier alpha value is -0.790. The quantitative estimate of drug-likeness (QED) is 0.927. The van der Waals surface area contributed by atoms with Gasteiger partial charge >= 0.3 is 0 Å².